The summed E-state index contributed by atoms with van der Waals surface area (Å²) in [6.07, 6.45) is -3.35. The number of rotatable bonds is 3. The van der Waals surface area contributed by atoms with Crippen molar-refractivity contribution in [3.05, 3.63) is 101 Å². The molecule has 0 saturated carbocycles. The van der Waals surface area contributed by atoms with Gasteiger partial charge in [0.25, 0.3) is 0 Å². The second kappa shape index (κ2) is 7.33. The Hall–Kier alpha value is -3.18. The van der Waals surface area contributed by atoms with E-state index in [0.717, 1.165) is 6.07 Å². The van der Waals surface area contributed by atoms with Crippen LogP contribution in [0.1, 0.15) is 21.5 Å². The highest BCUT2D eigenvalue weighted by molar-refractivity contribution is 6.31. The molecule has 29 heavy (non-hydrogen) atoms. The summed E-state index contributed by atoms with van der Waals surface area (Å²) in [6.45, 7) is 0. The van der Waals surface area contributed by atoms with Crippen LogP contribution in [0, 0.1) is 0 Å². The molecule has 0 spiro atoms. The molecule has 6 heteroatoms. The Balaban J connectivity index is 2.04. The van der Waals surface area contributed by atoms with Crippen molar-refractivity contribution in [2.45, 2.75) is 6.18 Å². The lowest BCUT2D eigenvalue weighted by molar-refractivity contribution is -0.136. The largest absolute Gasteiger partial charge is 0.418 e. The molecule has 4 rings (SSSR count). The van der Waals surface area contributed by atoms with E-state index in [1.165, 1.54) is 18.3 Å². The fraction of sp³-hybridized carbons (Fsp3) is 0.0435. The Labute approximate surface area is 169 Å². The molecule has 0 fully saturated rings. The van der Waals surface area contributed by atoms with Crippen molar-refractivity contribution < 1.29 is 18.0 Å². The van der Waals surface area contributed by atoms with Crippen LogP contribution in [0.5, 0.6) is 0 Å². The zero-order valence-electron chi connectivity index (χ0n) is 14.9. The third-order valence-corrected chi connectivity index (χ3v) is 4.83. The summed E-state index contributed by atoms with van der Waals surface area (Å²) in [5.41, 5.74) is 0.555. The zero-order chi connectivity index (χ0) is 20.6. The molecule has 4 aromatic rings. The van der Waals surface area contributed by atoms with Gasteiger partial charge in [0.05, 0.1) is 11.1 Å². The predicted octanol–water partition coefficient (Wildman–Crippen LogP) is 6.81. The number of carbonyl (C=O) groups is 1. The molecule has 0 bridgehead atoms. The first-order valence-corrected chi connectivity index (χ1v) is 9.08. The first-order valence-electron chi connectivity index (χ1n) is 8.71. The third kappa shape index (κ3) is 3.61. The second-order valence-corrected chi connectivity index (χ2v) is 6.89. The van der Waals surface area contributed by atoms with Gasteiger partial charge in [0, 0.05) is 33.3 Å². The lowest BCUT2D eigenvalue weighted by Crippen LogP contribution is -2.09. The van der Waals surface area contributed by atoms with Crippen LogP contribution >= 0.6 is 11.6 Å². The van der Waals surface area contributed by atoms with Gasteiger partial charge >= 0.3 is 6.18 Å². The number of hydrogen-bond donors (Lipinski definition) is 0. The summed E-state index contributed by atoms with van der Waals surface area (Å²) in [5, 5.41) is 0.657. The first kappa shape index (κ1) is 19.2. The number of ketones is 1. The van der Waals surface area contributed by atoms with Crippen LogP contribution in [0.15, 0.2) is 79.0 Å². The molecule has 1 heterocycles. The molecule has 0 aliphatic carbocycles. The summed E-state index contributed by atoms with van der Waals surface area (Å²) in [7, 11) is 0. The van der Waals surface area contributed by atoms with Gasteiger partial charge in [-0.05, 0) is 23.8 Å². The highest BCUT2D eigenvalue weighted by atomic mass is 35.5. The van der Waals surface area contributed by atoms with Crippen molar-refractivity contribution in [2.75, 3.05) is 0 Å². The summed E-state index contributed by atoms with van der Waals surface area (Å²) in [6, 6.07) is 19.1. The van der Waals surface area contributed by atoms with Crippen molar-refractivity contribution in [3.8, 4) is 11.1 Å². The van der Waals surface area contributed by atoms with E-state index in [9.17, 15) is 18.0 Å². The molecule has 0 saturated heterocycles. The van der Waals surface area contributed by atoms with Crippen LogP contribution in [0.2, 0.25) is 5.02 Å². The Kier molecular flexibility index (Phi) is 4.84. The fourth-order valence-corrected chi connectivity index (χ4v) is 3.52. The van der Waals surface area contributed by atoms with E-state index < -0.39 is 11.7 Å². The molecule has 2 nitrogen and oxygen atoms in total. The van der Waals surface area contributed by atoms with Gasteiger partial charge in [-0.15, -0.1) is 0 Å². The number of alkyl halides is 3. The van der Waals surface area contributed by atoms with Crippen LogP contribution < -0.4 is 0 Å². The van der Waals surface area contributed by atoms with E-state index in [-0.39, 0.29) is 22.2 Å². The molecule has 144 valence electrons. The van der Waals surface area contributed by atoms with Crippen molar-refractivity contribution in [3.63, 3.8) is 0 Å². The predicted molar refractivity (Wildman–Crippen MR) is 107 cm³/mol. The normalized spacial score (nSPS) is 11.6. The number of benzene rings is 3. The molecule has 1 aromatic heterocycles. The van der Waals surface area contributed by atoms with Crippen LogP contribution in [0.25, 0.3) is 22.0 Å². The lowest BCUT2D eigenvalue weighted by atomic mass is 9.91. The van der Waals surface area contributed by atoms with Crippen molar-refractivity contribution in [2.24, 2.45) is 0 Å². The minimum Gasteiger partial charge on any atom is -0.289 e. The number of hydrogen-bond acceptors (Lipinski definition) is 2. The smallest absolute Gasteiger partial charge is 0.289 e. The third-order valence-electron chi connectivity index (χ3n) is 4.60. The Morgan fingerprint density at radius 2 is 1.62 bits per heavy atom. The van der Waals surface area contributed by atoms with E-state index in [0.29, 0.717) is 21.7 Å². The highest BCUT2D eigenvalue weighted by Crippen LogP contribution is 2.39. The quantitative estimate of drug-likeness (QED) is 0.347. The first-order chi connectivity index (χ1) is 13.9. The standard InChI is InChI=1S/C23H13ClF3NO/c24-16-9-4-8-15(12-16)22(29)18-13-28-21-17(10-5-11-19(21)23(25,26)27)20(18)14-6-2-1-3-7-14/h1-13H. The highest BCUT2D eigenvalue weighted by Gasteiger charge is 2.34. The summed E-state index contributed by atoms with van der Waals surface area (Å²) in [5.74, 6) is -0.363. The van der Waals surface area contributed by atoms with Crippen LogP contribution in [-0.2, 0) is 6.18 Å². The van der Waals surface area contributed by atoms with Gasteiger partial charge in [0.2, 0.25) is 0 Å². The molecule has 0 aliphatic rings. The SMILES string of the molecule is O=C(c1cccc(Cl)c1)c1cnc2c(C(F)(F)F)cccc2c1-c1ccccc1. The minimum atomic E-state index is -4.56. The van der Waals surface area contributed by atoms with E-state index >= 15 is 0 Å². The lowest BCUT2D eigenvalue weighted by Gasteiger charge is -2.15. The fourth-order valence-electron chi connectivity index (χ4n) is 3.33. The molecule has 0 amide bonds. The van der Waals surface area contributed by atoms with Gasteiger partial charge in [-0.1, -0.05) is 66.2 Å². The molecular weight excluding hydrogens is 399 g/mol. The summed E-state index contributed by atoms with van der Waals surface area (Å²) < 4.78 is 40.5. The van der Waals surface area contributed by atoms with Gasteiger partial charge in [0.15, 0.2) is 5.78 Å². The number of fused-ring (bicyclic) bond motifs is 1. The maximum atomic E-state index is 13.5. The summed E-state index contributed by atoms with van der Waals surface area (Å²) >= 11 is 6.01. The molecule has 0 N–H and O–H groups in total. The van der Waals surface area contributed by atoms with Gasteiger partial charge < -0.3 is 0 Å². The van der Waals surface area contributed by atoms with Gasteiger partial charge in [-0.3, -0.25) is 9.78 Å². The zero-order valence-corrected chi connectivity index (χ0v) is 15.6. The van der Waals surface area contributed by atoms with Crippen molar-refractivity contribution >= 4 is 28.3 Å². The number of halogens is 4. The average molecular weight is 412 g/mol. The molecule has 0 unspecified atom stereocenters. The molecule has 3 aromatic carbocycles. The van der Waals surface area contributed by atoms with Gasteiger partial charge in [-0.25, -0.2) is 0 Å². The minimum absolute atomic E-state index is 0.193. The Bertz CT molecular complexity index is 1220. The van der Waals surface area contributed by atoms with Crippen LogP contribution in [0.3, 0.4) is 0 Å². The molecule has 0 radical (unpaired) electrons. The molecule has 0 atom stereocenters. The Morgan fingerprint density at radius 1 is 0.897 bits per heavy atom. The number of aromatic nitrogens is 1. The van der Waals surface area contributed by atoms with Gasteiger partial charge in [0.1, 0.15) is 0 Å². The van der Waals surface area contributed by atoms with Crippen molar-refractivity contribution in [1.82, 2.24) is 4.98 Å². The Morgan fingerprint density at radius 3 is 2.31 bits per heavy atom. The number of nitrogens with zero attached hydrogens (tertiary/aromatic N) is 1. The maximum absolute atomic E-state index is 13.5. The van der Waals surface area contributed by atoms with E-state index in [2.05, 4.69) is 4.98 Å². The second-order valence-electron chi connectivity index (χ2n) is 6.45. The van der Waals surface area contributed by atoms with Gasteiger partial charge in [-0.2, -0.15) is 13.2 Å². The van der Waals surface area contributed by atoms with E-state index in [1.54, 1.807) is 54.6 Å². The number of para-hydroxylation sites is 1. The summed E-state index contributed by atoms with van der Waals surface area (Å²) in [4.78, 5) is 17.2. The van der Waals surface area contributed by atoms with Crippen LogP contribution in [-0.4, -0.2) is 10.8 Å². The topological polar surface area (TPSA) is 30.0 Å². The van der Waals surface area contributed by atoms with Crippen LogP contribution in [0.4, 0.5) is 13.2 Å². The van der Waals surface area contributed by atoms with E-state index in [1.807, 2.05) is 0 Å². The molecule has 0 aliphatic heterocycles. The number of pyridine rings is 1. The van der Waals surface area contributed by atoms with Crippen molar-refractivity contribution in [1.29, 1.82) is 0 Å². The monoisotopic (exact) mass is 411 g/mol. The average Bonchev–Trinajstić information content (AvgIpc) is 2.72. The number of carbonyl (C=O) groups excluding carboxylic acids is 1. The van der Waals surface area contributed by atoms with E-state index in [4.69, 9.17) is 11.6 Å². The molecular formula is C23H13ClF3NO. The maximum Gasteiger partial charge on any atom is 0.418 e.